The number of ether oxygens (including phenoxy) is 4. The molecule has 0 spiro atoms. The van der Waals surface area contributed by atoms with E-state index in [1.807, 2.05) is 0 Å². The minimum Gasteiger partial charge on any atom is -0.462 e. The van der Waals surface area contributed by atoms with Gasteiger partial charge in [0.05, 0.1) is 26.4 Å². The topological polar surface area (TPSA) is 237 Å². The zero-order valence-corrected chi connectivity index (χ0v) is 66.4. The van der Waals surface area contributed by atoms with Crippen molar-refractivity contribution in [1.29, 1.82) is 0 Å². The maximum absolute atomic E-state index is 13.1. The summed E-state index contributed by atoms with van der Waals surface area (Å²) in [5.74, 6) is -1.38. The summed E-state index contributed by atoms with van der Waals surface area (Å²) in [7, 11) is -9.92. The fourth-order valence-electron chi connectivity index (χ4n) is 12.4. The number of hydrogen-bond acceptors (Lipinski definition) is 15. The highest BCUT2D eigenvalue weighted by Gasteiger charge is 2.30. The van der Waals surface area contributed by atoms with Gasteiger partial charge in [-0.1, -0.05) is 375 Å². The predicted octanol–water partition coefficient (Wildman–Crippen LogP) is 24.0. The van der Waals surface area contributed by atoms with Crippen LogP contribution in [0.3, 0.4) is 0 Å². The van der Waals surface area contributed by atoms with Crippen molar-refractivity contribution in [1.82, 2.24) is 0 Å². The zero-order valence-electron chi connectivity index (χ0n) is 64.6. The number of unbranched alkanes of at least 4 members (excludes halogenated alkanes) is 51. The molecule has 6 atom stereocenters. The van der Waals surface area contributed by atoms with E-state index in [1.165, 1.54) is 244 Å². The predicted molar refractivity (Wildman–Crippen MR) is 405 cm³/mol. The fraction of sp³-hybridized carbons (Fsp3) is 0.950. The zero-order chi connectivity index (χ0) is 72.7. The van der Waals surface area contributed by atoms with Crippen LogP contribution in [0.25, 0.3) is 0 Å². The van der Waals surface area contributed by atoms with Crippen LogP contribution in [0.1, 0.15) is 426 Å². The Bertz CT molecular complexity index is 1890. The van der Waals surface area contributed by atoms with Crippen LogP contribution >= 0.6 is 15.6 Å². The summed E-state index contributed by atoms with van der Waals surface area (Å²) in [6, 6.07) is 0. The largest absolute Gasteiger partial charge is 0.472 e. The van der Waals surface area contributed by atoms with Crippen LogP contribution in [0, 0.1) is 5.92 Å². The Hall–Kier alpha value is -1.94. The second-order valence-electron chi connectivity index (χ2n) is 29.1. The summed E-state index contributed by atoms with van der Waals surface area (Å²) in [5, 5.41) is 10.6. The van der Waals surface area contributed by atoms with Gasteiger partial charge in [-0.2, -0.15) is 0 Å². The van der Waals surface area contributed by atoms with E-state index < -0.39 is 97.5 Å². The molecule has 0 aliphatic heterocycles. The van der Waals surface area contributed by atoms with Crippen molar-refractivity contribution in [3.8, 4) is 0 Å². The third kappa shape index (κ3) is 72.8. The Labute approximate surface area is 607 Å². The fourth-order valence-corrected chi connectivity index (χ4v) is 14.0. The number of phosphoric ester groups is 2. The highest BCUT2D eigenvalue weighted by molar-refractivity contribution is 7.47. The lowest BCUT2D eigenvalue weighted by molar-refractivity contribution is -0.161. The number of rotatable bonds is 80. The lowest BCUT2D eigenvalue weighted by Gasteiger charge is -2.21. The van der Waals surface area contributed by atoms with Crippen LogP contribution < -0.4 is 0 Å². The van der Waals surface area contributed by atoms with Gasteiger partial charge in [-0.05, 0) is 31.6 Å². The molecule has 0 bridgehead atoms. The molecule has 0 aliphatic carbocycles. The van der Waals surface area contributed by atoms with Gasteiger partial charge >= 0.3 is 39.5 Å². The molecule has 588 valence electrons. The first kappa shape index (κ1) is 97.1. The molecule has 0 aliphatic rings. The van der Waals surface area contributed by atoms with E-state index in [-0.39, 0.29) is 25.7 Å². The number of aliphatic hydroxyl groups is 1. The van der Waals surface area contributed by atoms with Gasteiger partial charge in [0, 0.05) is 25.7 Å². The summed E-state index contributed by atoms with van der Waals surface area (Å²) in [5.41, 5.74) is 0. The van der Waals surface area contributed by atoms with Gasteiger partial charge in [0.1, 0.15) is 19.3 Å². The maximum Gasteiger partial charge on any atom is 0.472 e. The number of carbonyl (C=O) groups is 4. The van der Waals surface area contributed by atoms with Crippen LogP contribution in [0.15, 0.2) is 0 Å². The van der Waals surface area contributed by atoms with Crippen molar-refractivity contribution < 1.29 is 80.2 Å². The van der Waals surface area contributed by atoms with Crippen molar-refractivity contribution in [3.05, 3.63) is 0 Å². The number of aliphatic hydroxyl groups excluding tert-OH is 1. The van der Waals surface area contributed by atoms with Crippen molar-refractivity contribution in [2.24, 2.45) is 5.92 Å². The van der Waals surface area contributed by atoms with Crippen LogP contribution in [0.4, 0.5) is 0 Å². The van der Waals surface area contributed by atoms with Crippen molar-refractivity contribution in [3.63, 3.8) is 0 Å². The normalized spacial score (nSPS) is 14.1. The quantitative estimate of drug-likeness (QED) is 0.0222. The molecule has 0 heterocycles. The molecule has 0 aromatic carbocycles. The molecular formula is C80H156O17P2. The van der Waals surface area contributed by atoms with E-state index in [2.05, 4.69) is 34.6 Å². The van der Waals surface area contributed by atoms with E-state index in [1.54, 1.807) is 0 Å². The third-order valence-electron chi connectivity index (χ3n) is 19.1. The second kappa shape index (κ2) is 73.0. The molecule has 3 N–H and O–H groups in total. The molecule has 0 saturated carbocycles. The lowest BCUT2D eigenvalue weighted by atomic mass is 10.00. The first-order valence-electron chi connectivity index (χ1n) is 41.7. The first-order chi connectivity index (χ1) is 48.1. The molecule has 17 nitrogen and oxygen atoms in total. The maximum atomic E-state index is 13.1. The Balaban J connectivity index is 5.22. The highest BCUT2D eigenvalue weighted by atomic mass is 31.2. The van der Waals surface area contributed by atoms with Gasteiger partial charge in [-0.15, -0.1) is 0 Å². The summed E-state index contributed by atoms with van der Waals surface area (Å²) in [6.45, 7) is 7.28. The third-order valence-corrected chi connectivity index (χ3v) is 21.0. The molecule has 0 rings (SSSR count). The minimum absolute atomic E-state index is 0.107. The summed E-state index contributed by atoms with van der Waals surface area (Å²) >= 11 is 0. The number of hydrogen-bond donors (Lipinski definition) is 3. The second-order valence-corrected chi connectivity index (χ2v) is 32.0. The number of esters is 4. The van der Waals surface area contributed by atoms with E-state index >= 15 is 0 Å². The molecule has 0 aromatic heterocycles. The van der Waals surface area contributed by atoms with Crippen molar-refractivity contribution in [2.75, 3.05) is 39.6 Å². The highest BCUT2D eigenvalue weighted by Crippen LogP contribution is 2.45. The first-order valence-corrected chi connectivity index (χ1v) is 44.7. The Morgan fingerprint density at radius 2 is 0.485 bits per heavy atom. The van der Waals surface area contributed by atoms with Crippen molar-refractivity contribution in [2.45, 2.75) is 445 Å². The molecule has 0 amide bonds. The molecule has 0 radical (unpaired) electrons. The average Bonchev–Trinajstić information content (AvgIpc) is 1.01. The summed E-state index contributed by atoms with van der Waals surface area (Å²) in [4.78, 5) is 73.0. The molecule has 0 fully saturated rings. The van der Waals surface area contributed by atoms with Gasteiger partial charge in [0.2, 0.25) is 0 Å². The average molecular weight is 1450 g/mol. The Kier molecular flexibility index (Phi) is 71.6. The van der Waals surface area contributed by atoms with Gasteiger partial charge in [-0.25, -0.2) is 9.13 Å². The van der Waals surface area contributed by atoms with E-state index in [0.717, 1.165) is 102 Å². The van der Waals surface area contributed by atoms with Crippen molar-refractivity contribution >= 4 is 39.5 Å². The monoisotopic (exact) mass is 1450 g/mol. The lowest BCUT2D eigenvalue weighted by Crippen LogP contribution is -2.30. The molecule has 0 saturated heterocycles. The van der Waals surface area contributed by atoms with Crippen LogP contribution in [0.5, 0.6) is 0 Å². The van der Waals surface area contributed by atoms with Gasteiger partial charge in [-0.3, -0.25) is 37.3 Å². The molecule has 3 unspecified atom stereocenters. The Morgan fingerprint density at radius 1 is 0.283 bits per heavy atom. The standard InChI is InChI=1S/C80H156O17P2/c1-6-10-13-16-19-22-25-28-30-32-34-36-38-40-43-46-49-56-61-66-80(85)96-75(69-90-77(82)63-58-53-47-44-42-39-37-35-33-31-29-26-23-20-17-14-11-7-2)71-94-98(86,87)92-67-74(81)68-93-99(88,89)95-72-76(70-91-78(83)64-59-54-51-50-52-57-62-73(5)9-4)97-79(84)65-60-55-48-45-41-27-24-21-18-15-12-8-3/h73-76,81H,6-72H2,1-5H3,(H,86,87)(H,88,89)/t73?,74-,75-,76-/m1/s1. The molecule has 19 heteroatoms. The Morgan fingerprint density at radius 3 is 0.717 bits per heavy atom. The molecular weight excluding hydrogens is 1290 g/mol. The molecule has 0 aromatic rings. The smallest absolute Gasteiger partial charge is 0.462 e. The van der Waals surface area contributed by atoms with Gasteiger partial charge in [0.15, 0.2) is 12.2 Å². The van der Waals surface area contributed by atoms with Crippen LogP contribution in [0.2, 0.25) is 0 Å². The van der Waals surface area contributed by atoms with E-state index in [0.29, 0.717) is 25.7 Å². The molecule has 99 heavy (non-hydrogen) atoms. The van der Waals surface area contributed by atoms with Crippen LogP contribution in [-0.2, 0) is 65.4 Å². The van der Waals surface area contributed by atoms with Crippen LogP contribution in [-0.4, -0.2) is 96.7 Å². The van der Waals surface area contributed by atoms with E-state index in [4.69, 9.17) is 37.0 Å². The van der Waals surface area contributed by atoms with Gasteiger partial charge in [0.25, 0.3) is 0 Å². The number of phosphoric acid groups is 2. The summed E-state index contributed by atoms with van der Waals surface area (Å²) < 4.78 is 68.7. The van der Waals surface area contributed by atoms with E-state index in [9.17, 15) is 43.2 Å². The number of carbonyl (C=O) groups excluding carboxylic acids is 4. The summed E-state index contributed by atoms with van der Waals surface area (Å²) in [6.07, 6.45) is 63.9. The minimum atomic E-state index is -4.96. The SMILES string of the molecule is CCCCCCCCCCCCCCCCCCCCCC(=O)O[C@H](COC(=O)CCCCCCCCCCCCCCCCCCCC)COP(=O)(O)OC[C@@H](O)COP(=O)(O)OC[C@@H](COC(=O)CCCCCCCCC(C)CC)OC(=O)CCCCCCCCCCCCCC. The van der Waals surface area contributed by atoms with Gasteiger partial charge < -0.3 is 33.8 Å².